The van der Waals surface area contributed by atoms with Crippen LogP contribution in [-0.2, 0) is 0 Å². The molecule has 2 rings (SSSR count). The molecule has 0 bridgehead atoms. The number of rotatable bonds is 4. The Bertz CT molecular complexity index is 676. The lowest BCUT2D eigenvalue weighted by Gasteiger charge is -2.08. The van der Waals surface area contributed by atoms with Crippen molar-refractivity contribution in [2.75, 3.05) is 0 Å². The molecule has 0 atom stereocenters. The Labute approximate surface area is 127 Å². The minimum absolute atomic E-state index is 1.00. The SMILES string of the molecule is C\C=C/C=C(\C=C/C)c1cc(-c2ccccc2)cc(C)n1. The van der Waals surface area contributed by atoms with Gasteiger partial charge in [-0.1, -0.05) is 60.7 Å². The zero-order chi connectivity index (χ0) is 15.1. The fraction of sp³-hybridized carbons (Fsp3) is 0.150. The first-order valence-corrected chi connectivity index (χ1v) is 7.24. The summed E-state index contributed by atoms with van der Waals surface area (Å²) in [4.78, 5) is 4.68. The quantitative estimate of drug-likeness (QED) is 0.662. The second-order valence-corrected chi connectivity index (χ2v) is 4.90. The van der Waals surface area contributed by atoms with Crippen molar-refractivity contribution in [3.8, 4) is 11.1 Å². The Kier molecular flexibility index (Phi) is 5.28. The summed E-state index contributed by atoms with van der Waals surface area (Å²) in [7, 11) is 0. The van der Waals surface area contributed by atoms with Crippen LogP contribution in [0.25, 0.3) is 16.7 Å². The van der Waals surface area contributed by atoms with Crippen LogP contribution < -0.4 is 0 Å². The van der Waals surface area contributed by atoms with E-state index in [9.17, 15) is 0 Å². The van der Waals surface area contributed by atoms with Crippen LogP contribution in [0, 0.1) is 6.92 Å². The van der Waals surface area contributed by atoms with Crippen molar-refractivity contribution in [1.82, 2.24) is 4.98 Å². The van der Waals surface area contributed by atoms with Gasteiger partial charge in [-0.05, 0) is 49.6 Å². The van der Waals surface area contributed by atoms with Gasteiger partial charge in [-0.15, -0.1) is 0 Å². The Balaban J connectivity index is 2.52. The van der Waals surface area contributed by atoms with Crippen LogP contribution in [0.15, 0.2) is 72.8 Å². The van der Waals surface area contributed by atoms with Gasteiger partial charge in [0.1, 0.15) is 0 Å². The molecule has 0 N–H and O–H groups in total. The van der Waals surface area contributed by atoms with Crippen LogP contribution in [0.2, 0.25) is 0 Å². The van der Waals surface area contributed by atoms with Crippen molar-refractivity contribution in [3.63, 3.8) is 0 Å². The maximum absolute atomic E-state index is 4.68. The molecule has 0 radical (unpaired) electrons. The van der Waals surface area contributed by atoms with Crippen molar-refractivity contribution in [1.29, 1.82) is 0 Å². The van der Waals surface area contributed by atoms with Crippen LogP contribution >= 0.6 is 0 Å². The van der Waals surface area contributed by atoms with Crippen LogP contribution in [0.4, 0.5) is 0 Å². The highest BCUT2D eigenvalue weighted by Gasteiger charge is 2.05. The number of benzene rings is 1. The molecule has 0 aliphatic carbocycles. The number of nitrogens with zero attached hydrogens (tertiary/aromatic N) is 1. The third-order valence-electron chi connectivity index (χ3n) is 3.17. The first-order valence-electron chi connectivity index (χ1n) is 7.24. The molecule has 0 saturated carbocycles. The highest BCUT2D eigenvalue weighted by molar-refractivity contribution is 5.76. The molecular formula is C20H21N. The summed E-state index contributed by atoms with van der Waals surface area (Å²) < 4.78 is 0. The Morgan fingerprint density at radius 1 is 0.952 bits per heavy atom. The average molecular weight is 275 g/mol. The number of allylic oxidation sites excluding steroid dienone is 6. The Hall–Kier alpha value is -2.41. The van der Waals surface area contributed by atoms with Crippen LogP contribution in [0.3, 0.4) is 0 Å². The van der Waals surface area contributed by atoms with E-state index in [4.69, 9.17) is 0 Å². The molecule has 1 heterocycles. The van der Waals surface area contributed by atoms with Gasteiger partial charge in [0.05, 0.1) is 5.69 Å². The molecular weight excluding hydrogens is 254 g/mol. The largest absolute Gasteiger partial charge is 0.253 e. The van der Waals surface area contributed by atoms with Crippen LogP contribution in [0.5, 0.6) is 0 Å². The van der Waals surface area contributed by atoms with Gasteiger partial charge < -0.3 is 0 Å². The molecule has 0 aliphatic rings. The summed E-state index contributed by atoms with van der Waals surface area (Å²) in [5, 5.41) is 0. The maximum Gasteiger partial charge on any atom is 0.0711 e. The summed E-state index contributed by atoms with van der Waals surface area (Å²) in [6, 6.07) is 14.7. The van der Waals surface area contributed by atoms with E-state index in [0.29, 0.717) is 0 Å². The van der Waals surface area contributed by atoms with E-state index in [-0.39, 0.29) is 0 Å². The zero-order valence-corrected chi connectivity index (χ0v) is 12.9. The lowest BCUT2D eigenvalue weighted by atomic mass is 10.0. The van der Waals surface area contributed by atoms with Crippen molar-refractivity contribution in [2.45, 2.75) is 20.8 Å². The predicted octanol–water partition coefficient (Wildman–Crippen LogP) is 5.59. The molecule has 1 aromatic heterocycles. The summed E-state index contributed by atoms with van der Waals surface area (Å²) in [6.07, 6.45) is 10.3. The third kappa shape index (κ3) is 4.03. The van der Waals surface area contributed by atoms with E-state index in [1.807, 2.05) is 45.1 Å². The predicted molar refractivity (Wildman–Crippen MR) is 92.0 cm³/mol. The molecule has 21 heavy (non-hydrogen) atoms. The molecule has 106 valence electrons. The lowest BCUT2D eigenvalue weighted by molar-refractivity contribution is 1.17. The molecule has 0 spiro atoms. The van der Waals surface area contributed by atoms with Gasteiger partial charge in [0.25, 0.3) is 0 Å². The average Bonchev–Trinajstić information content (AvgIpc) is 2.51. The molecule has 0 fully saturated rings. The number of aryl methyl sites for hydroxylation is 1. The summed E-state index contributed by atoms with van der Waals surface area (Å²) >= 11 is 0. The van der Waals surface area contributed by atoms with Crippen molar-refractivity contribution in [3.05, 3.63) is 84.2 Å². The van der Waals surface area contributed by atoms with Crippen molar-refractivity contribution < 1.29 is 0 Å². The molecule has 2 aromatic rings. The molecule has 0 amide bonds. The van der Waals surface area contributed by atoms with Gasteiger partial charge in [-0.2, -0.15) is 0 Å². The molecule has 0 unspecified atom stereocenters. The van der Waals surface area contributed by atoms with Gasteiger partial charge in [0.15, 0.2) is 0 Å². The highest BCUT2D eigenvalue weighted by atomic mass is 14.7. The lowest BCUT2D eigenvalue weighted by Crippen LogP contribution is -1.92. The zero-order valence-electron chi connectivity index (χ0n) is 12.9. The summed E-state index contributed by atoms with van der Waals surface area (Å²) in [5.74, 6) is 0. The summed E-state index contributed by atoms with van der Waals surface area (Å²) in [6.45, 7) is 6.08. The third-order valence-corrected chi connectivity index (χ3v) is 3.17. The first kappa shape index (κ1) is 15.0. The van der Waals surface area contributed by atoms with E-state index in [0.717, 1.165) is 17.0 Å². The normalized spacial score (nSPS) is 12.4. The van der Waals surface area contributed by atoms with Gasteiger partial charge in [0.2, 0.25) is 0 Å². The van der Waals surface area contributed by atoms with E-state index in [1.54, 1.807) is 0 Å². The number of hydrogen-bond acceptors (Lipinski definition) is 1. The maximum atomic E-state index is 4.68. The fourth-order valence-electron chi connectivity index (χ4n) is 2.22. The van der Waals surface area contributed by atoms with Gasteiger partial charge >= 0.3 is 0 Å². The minimum atomic E-state index is 1.00. The topological polar surface area (TPSA) is 12.9 Å². The molecule has 0 saturated heterocycles. The van der Waals surface area contributed by atoms with Gasteiger partial charge in [0, 0.05) is 5.69 Å². The monoisotopic (exact) mass is 275 g/mol. The molecule has 1 nitrogen and oxygen atoms in total. The second-order valence-electron chi connectivity index (χ2n) is 4.90. The summed E-state index contributed by atoms with van der Waals surface area (Å²) in [5.41, 5.74) is 5.58. The van der Waals surface area contributed by atoms with Crippen LogP contribution in [0.1, 0.15) is 25.2 Å². The van der Waals surface area contributed by atoms with Gasteiger partial charge in [-0.3, -0.25) is 4.98 Å². The van der Waals surface area contributed by atoms with E-state index in [1.165, 1.54) is 11.1 Å². The van der Waals surface area contributed by atoms with Crippen LogP contribution in [-0.4, -0.2) is 4.98 Å². The number of hydrogen-bond donors (Lipinski definition) is 0. The first-order chi connectivity index (χ1) is 10.2. The Morgan fingerprint density at radius 2 is 1.71 bits per heavy atom. The van der Waals surface area contributed by atoms with E-state index >= 15 is 0 Å². The standard InChI is InChI=1S/C20H21N/c1-4-6-11-18(10-5-2)20-15-19(14-16(3)21-20)17-12-8-7-9-13-17/h4-15H,1-3H3/b6-4-,10-5-,18-11+. The van der Waals surface area contributed by atoms with Crippen molar-refractivity contribution in [2.24, 2.45) is 0 Å². The van der Waals surface area contributed by atoms with Gasteiger partial charge in [-0.25, -0.2) is 0 Å². The van der Waals surface area contributed by atoms with E-state index < -0.39 is 0 Å². The molecule has 0 aliphatic heterocycles. The number of pyridine rings is 1. The Morgan fingerprint density at radius 3 is 2.38 bits per heavy atom. The minimum Gasteiger partial charge on any atom is -0.253 e. The van der Waals surface area contributed by atoms with Crippen molar-refractivity contribution >= 4 is 5.57 Å². The second kappa shape index (κ2) is 7.39. The molecule has 1 aromatic carbocycles. The smallest absolute Gasteiger partial charge is 0.0711 e. The molecule has 1 heteroatoms. The fourth-order valence-corrected chi connectivity index (χ4v) is 2.22. The van der Waals surface area contributed by atoms with E-state index in [2.05, 4.69) is 53.5 Å². The number of aromatic nitrogens is 1. The highest BCUT2D eigenvalue weighted by Crippen LogP contribution is 2.24.